The summed E-state index contributed by atoms with van der Waals surface area (Å²) in [6.07, 6.45) is 7.08. The van der Waals surface area contributed by atoms with Gasteiger partial charge in [0, 0.05) is 0 Å². The summed E-state index contributed by atoms with van der Waals surface area (Å²) >= 11 is 11.7. The molecule has 0 aliphatic heterocycles. The van der Waals surface area contributed by atoms with Gasteiger partial charge in [-0.1, -0.05) is 108 Å². The van der Waals surface area contributed by atoms with Gasteiger partial charge < -0.3 is 0 Å². The van der Waals surface area contributed by atoms with Crippen LogP contribution in [0, 0.1) is 0 Å². The molecule has 0 saturated heterocycles. The summed E-state index contributed by atoms with van der Waals surface area (Å²) in [7, 11) is -8.82. The molecule has 0 fully saturated rings. The Kier molecular flexibility index (Phi) is 8.22. The fraction of sp³-hybridized carbons (Fsp3) is 0. The minimum Gasteiger partial charge on any atom is -0.282 e. The summed E-state index contributed by atoms with van der Waals surface area (Å²) in [6.45, 7) is 0. The summed E-state index contributed by atoms with van der Waals surface area (Å²) in [6, 6.07) is 24.3. The van der Waals surface area contributed by atoms with Crippen LogP contribution in [0.5, 0.6) is 0 Å². The van der Waals surface area contributed by atoms with E-state index in [4.69, 9.17) is 23.2 Å². The predicted molar refractivity (Wildman–Crippen MR) is 152 cm³/mol. The number of halogens is 2. The van der Waals surface area contributed by atoms with Crippen molar-refractivity contribution in [3.8, 4) is 11.1 Å². The second-order valence-electron chi connectivity index (χ2n) is 8.24. The quantitative estimate of drug-likeness (QED) is 0.171. The molecule has 6 nitrogen and oxygen atoms in total. The standard InChI is InChI=1S/C28H20Cl2O6S2/c29-25-15-9-21(17-27(25)37(31,32)33)3-1-19-5-11-23(12-6-19)24-13-7-20(8-14-24)2-4-22-10-16-26(30)28(18-22)38(34,35)36/h1-18H,(H,31,32,33)(H,34,35,36). The van der Waals surface area contributed by atoms with Crippen molar-refractivity contribution in [3.63, 3.8) is 0 Å². The molecular formula is C28H20Cl2O6S2. The molecule has 0 aromatic heterocycles. The van der Waals surface area contributed by atoms with Gasteiger partial charge in [0.05, 0.1) is 10.0 Å². The fourth-order valence-electron chi connectivity index (χ4n) is 3.60. The Morgan fingerprint density at radius 3 is 1.08 bits per heavy atom. The highest BCUT2D eigenvalue weighted by atomic mass is 35.5. The Bertz CT molecular complexity index is 1630. The van der Waals surface area contributed by atoms with Crippen molar-refractivity contribution < 1.29 is 25.9 Å². The third-order valence-corrected chi connectivity index (χ3v) is 8.23. The molecule has 0 spiro atoms. The molecule has 38 heavy (non-hydrogen) atoms. The minimum absolute atomic E-state index is 0.0493. The van der Waals surface area contributed by atoms with Crippen molar-refractivity contribution in [2.45, 2.75) is 9.79 Å². The van der Waals surface area contributed by atoms with E-state index < -0.39 is 20.2 Å². The molecular weight excluding hydrogens is 567 g/mol. The zero-order valence-corrected chi connectivity index (χ0v) is 22.6. The maximum Gasteiger partial charge on any atom is 0.296 e. The van der Waals surface area contributed by atoms with Crippen LogP contribution in [0.15, 0.2) is 94.7 Å². The van der Waals surface area contributed by atoms with Gasteiger partial charge in [0.15, 0.2) is 0 Å². The molecule has 0 atom stereocenters. The molecule has 0 amide bonds. The minimum atomic E-state index is -4.41. The molecule has 4 aromatic carbocycles. The van der Waals surface area contributed by atoms with Crippen LogP contribution in [0.25, 0.3) is 35.4 Å². The predicted octanol–water partition coefficient (Wildman–Crippen LogP) is 7.49. The number of hydrogen-bond acceptors (Lipinski definition) is 4. The third kappa shape index (κ3) is 6.99. The molecule has 0 aliphatic rings. The maximum atomic E-state index is 11.4. The van der Waals surface area contributed by atoms with E-state index in [1.165, 1.54) is 24.3 Å². The van der Waals surface area contributed by atoms with Crippen molar-refractivity contribution in [3.05, 3.63) is 117 Å². The van der Waals surface area contributed by atoms with Crippen LogP contribution in [0.4, 0.5) is 0 Å². The summed E-state index contributed by atoms with van der Waals surface area (Å²) in [5, 5.41) is -0.0986. The summed E-state index contributed by atoms with van der Waals surface area (Å²) < 4.78 is 64.3. The Morgan fingerprint density at radius 2 is 0.763 bits per heavy atom. The van der Waals surface area contributed by atoms with E-state index in [9.17, 15) is 25.9 Å². The molecule has 0 aliphatic carbocycles. The van der Waals surface area contributed by atoms with E-state index in [1.807, 2.05) is 60.7 Å². The van der Waals surface area contributed by atoms with Crippen LogP contribution in [0.2, 0.25) is 10.0 Å². The first-order valence-electron chi connectivity index (χ1n) is 11.0. The number of benzene rings is 4. The first-order chi connectivity index (χ1) is 17.9. The molecule has 0 unspecified atom stereocenters. The lowest BCUT2D eigenvalue weighted by molar-refractivity contribution is 0.481. The van der Waals surface area contributed by atoms with Gasteiger partial charge in [-0.2, -0.15) is 16.8 Å². The SMILES string of the molecule is O=S(=O)(O)c1cc(C=Cc2ccc(-c3ccc(C=Cc4ccc(Cl)c(S(=O)(=O)O)c4)cc3)cc2)ccc1Cl. The zero-order valence-electron chi connectivity index (χ0n) is 19.5. The second-order valence-corrected chi connectivity index (χ2v) is 11.8. The molecule has 0 bridgehead atoms. The second kappa shape index (κ2) is 11.2. The van der Waals surface area contributed by atoms with E-state index in [0.29, 0.717) is 11.1 Å². The average Bonchev–Trinajstić information content (AvgIpc) is 2.87. The first kappa shape index (κ1) is 27.8. The van der Waals surface area contributed by atoms with Crippen LogP contribution in [0.3, 0.4) is 0 Å². The highest BCUT2D eigenvalue weighted by Gasteiger charge is 2.15. The van der Waals surface area contributed by atoms with Crippen molar-refractivity contribution in [2.24, 2.45) is 0 Å². The molecule has 10 heteroatoms. The van der Waals surface area contributed by atoms with Crippen molar-refractivity contribution in [1.29, 1.82) is 0 Å². The van der Waals surface area contributed by atoms with Gasteiger partial charge in [-0.05, 0) is 57.6 Å². The highest BCUT2D eigenvalue weighted by molar-refractivity contribution is 7.86. The Balaban J connectivity index is 1.46. The monoisotopic (exact) mass is 586 g/mol. The van der Waals surface area contributed by atoms with Crippen LogP contribution in [-0.2, 0) is 20.2 Å². The molecule has 0 heterocycles. The fourth-order valence-corrected chi connectivity index (χ4v) is 5.62. The molecule has 4 rings (SSSR count). The number of hydrogen-bond donors (Lipinski definition) is 2. The van der Waals surface area contributed by atoms with Gasteiger partial charge in [0.1, 0.15) is 9.79 Å². The lowest BCUT2D eigenvalue weighted by Crippen LogP contribution is -1.99. The first-order valence-corrected chi connectivity index (χ1v) is 14.6. The Labute approximate surface area is 231 Å². The Morgan fingerprint density at radius 1 is 0.474 bits per heavy atom. The summed E-state index contributed by atoms with van der Waals surface area (Å²) in [4.78, 5) is -0.683. The van der Waals surface area contributed by atoms with Gasteiger partial charge in [-0.3, -0.25) is 9.11 Å². The van der Waals surface area contributed by atoms with Gasteiger partial charge in [0.25, 0.3) is 20.2 Å². The van der Waals surface area contributed by atoms with Crippen LogP contribution < -0.4 is 0 Å². The molecule has 194 valence electrons. The largest absolute Gasteiger partial charge is 0.296 e. The van der Waals surface area contributed by atoms with Crippen molar-refractivity contribution >= 4 is 67.7 Å². The van der Waals surface area contributed by atoms with Gasteiger partial charge in [-0.15, -0.1) is 0 Å². The van der Waals surface area contributed by atoms with E-state index in [1.54, 1.807) is 24.3 Å². The van der Waals surface area contributed by atoms with E-state index >= 15 is 0 Å². The Hall–Kier alpha value is -3.24. The molecule has 0 saturated carbocycles. The van der Waals surface area contributed by atoms with Crippen molar-refractivity contribution in [1.82, 2.24) is 0 Å². The molecule has 4 aromatic rings. The number of rotatable bonds is 7. The maximum absolute atomic E-state index is 11.4. The summed E-state index contributed by atoms with van der Waals surface area (Å²) in [5.41, 5.74) is 4.92. The van der Waals surface area contributed by atoms with Crippen LogP contribution in [-0.4, -0.2) is 25.9 Å². The van der Waals surface area contributed by atoms with Gasteiger partial charge in [0.2, 0.25) is 0 Å². The average molecular weight is 588 g/mol. The van der Waals surface area contributed by atoms with Crippen LogP contribution >= 0.6 is 23.2 Å². The lowest BCUT2D eigenvalue weighted by Gasteiger charge is -2.04. The third-order valence-electron chi connectivity index (χ3n) is 5.56. The van der Waals surface area contributed by atoms with E-state index in [-0.39, 0.29) is 19.8 Å². The highest BCUT2D eigenvalue weighted by Crippen LogP contribution is 2.26. The van der Waals surface area contributed by atoms with Gasteiger partial charge in [-0.25, -0.2) is 0 Å². The van der Waals surface area contributed by atoms with E-state index in [0.717, 1.165) is 22.3 Å². The normalized spacial score (nSPS) is 12.4. The van der Waals surface area contributed by atoms with Crippen molar-refractivity contribution in [2.75, 3.05) is 0 Å². The lowest BCUT2D eigenvalue weighted by atomic mass is 10.0. The smallest absolute Gasteiger partial charge is 0.282 e. The van der Waals surface area contributed by atoms with Crippen LogP contribution in [0.1, 0.15) is 22.3 Å². The topological polar surface area (TPSA) is 109 Å². The van der Waals surface area contributed by atoms with E-state index in [2.05, 4.69) is 0 Å². The zero-order chi connectivity index (χ0) is 27.5. The summed E-state index contributed by atoms with van der Waals surface area (Å²) in [5.74, 6) is 0. The van der Waals surface area contributed by atoms with Gasteiger partial charge >= 0.3 is 0 Å². The molecule has 2 N–H and O–H groups in total. The molecule has 0 radical (unpaired) electrons.